The number of carbonyl (C=O) groups is 1. The maximum absolute atomic E-state index is 13.0. The Morgan fingerprint density at radius 2 is 1.65 bits per heavy atom. The number of nitrogens with one attached hydrogen (secondary N) is 2. The van der Waals surface area contributed by atoms with E-state index in [4.69, 9.17) is 9.47 Å². The second-order valence-electron chi connectivity index (χ2n) is 8.38. The van der Waals surface area contributed by atoms with E-state index in [0.29, 0.717) is 31.1 Å². The summed E-state index contributed by atoms with van der Waals surface area (Å²) in [5.74, 6) is 1.62. The van der Waals surface area contributed by atoms with Crippen LogP contribution in [0.1, 0.15) is 23.6 Å². The molecule has 0 atom stereocenters. The number of aryl methyl sites for hydroxylation is 1. The standard InChI is InChI=1S/C25H35N3O3/c1-5-28(17-21-10-11-23(30-3)24(16-21)31-4)25(29)19-27-14-12-26(13-15-27)18-22-9-7-6-8-20(22)2/h6-11,16H,5,12-15,17-19H2,1-4H3/p+2. The Kier molecular flexibility index (Phi) is 8.32. The van der Waals surface area contributed by atoms with Crippen molar-refractivity contribution in [2.75, 3.05) is 53.5 Å². The molecule has 0 saturated carbocycles. The number of likely N-dealkylation sites (N-methyl/N-ethyl adjacent to an activating group) is 1. The molecule has 1 amide bonds. The van der Waals surface area contributed by atoms with Crippen molar-refractivity contribution in [3.8, 4) is 11.5 Å². The van der Waals surface area contributed by atoms with Gasteiger partial charge in [-0.05, 0) is 37.1 Å². The molecule has 0 unspecified atom stereocenters. The molecule has 6 heteroatoms. The highest BCUT2D eigenvalue weighted by Crippen LogP contribution is 2.28. The monoisotopic (exact) mass is 427 g/mol. The molecular formula is C25H37N3O3+2. The van der Waals surface area contributed by atoms with Crippen molar-refractivity contribution < 1.29 is 24.1 Å². The van der Waals surface area contributed by atoms with E-state index in [9.17, 15) is 4.79 Å². The van der Waals surface area contributed by atoms with Gasteiger partial charge in [-0.25, -0.2) is 0 Å². The fraction of sp³-hybridized carbons (Fsp3) is 0.480. The lowest BCUT2D eigenvalue weighted by atomic mass is 10.1. The summed E-state index contributed by atoms with van der Waals surface area (Å²) >= 11 is 0. The molecule has 1 saturated heterocycles. The molecule has 168 valence electrons. The van der Waals surface area contributed by atoms with Crippen molar-refractivity contribution in [1.82, 2.24) is 4.90 Å². The van der Waals surface area contributed by atoms with E-state index in [1.807, 2.05) is 30.0 Å². The van der Waals surface area contributed by atoms with Crippen LogP contribution in [0.25, 0.3) is 0 Å². The Morgan fingerprint density at radius 3 is 2.29 bits per heavy atom. The van der Waals surface area contributed by atoms with Crippen LogP contribution in [0.2, 0.25) is 0 Å². The third-order valence-corrected chi connectivity index (χ3v) is 6.32. The number of methoxy groups -OCH3 is 2. The molecule has 1 aliphatic rings. The average molecular weight is 428 g/mol. The van der Waals surface area contributed by atoms with E-state index < -0.39 is 0 Å². The van der Waals surface area contributed by atoms with Crippen molar-refractivity contribution in [3.05, 3.63) is 59.2 Å². The highest BCUT2D eigenvalue weighted by Gasteiger charge is 2.27. The zero-order chi connectivity index (χ0) is 22.2. The molecule has 0 radical (unpaired) electrons. The number of ether oxygens (including phenoxy) is 2. The van der Waals surface area contributed by atoms with Crippen molar-refractivity contribution in [2.24, 2.45) is 0 Å². The van der Waals surface area contributed by atoms with Crippen molar-refractivity contribution in [3.63, 3.8) is 0 Å². The van der Waals surface area contributed by atoms with Gasteiger partial charge in [-0.15, -0.1) is 0 Å². The first-order chi connectivity index (χ1) is 15.0. The molecule has 1 aliphatic heterocycles. The highest BCUT2D eigenvalue weighted by atomic mass is 16.5. The van der Waals surface area contributed by atoms with Crippen LogP contribution in [-0.2, 0) is 17.9 Å². The van der Waals surface area contributed by atoms with Crippen molar-refractivity contribution in [2.45, 2.75) is 26.9 Å². The van der Waals surface area contributed by atoms with Gasteiger partial charge in [0.15, 0.2) is 18.0 Å². The van der Waals surface area contributed by atoms with Gasteiger partial charge < -0.3 is 24.2 Å². The SMILES string of the molecule is CCN(Cc1ccc(OC)c(OC)c1)C(=O)C[NH+]1CC[NH+](Cc2ccccc2C)CC1. The maximum atomic E-state index is 13.0. The lowest BCUT2D eigenvalue weighted by molar-refractivity contribution is -1.02. The predicted molar refractivity (Wildman–Crippen MR) is 122 cm³/mol. The van der Waals surface area contributed by atoms with Gasteiger partial charge in [-0.1, -0.05) is 30.3 Å². The Hall–Kier alpha value is -2.57. The lowest BCUT2D eigenvalue weighted by Gasteiger charge is -2.31. The largest absolute Gasteiger partial charge is 0.493 e. The molecule has 6 nitrogen and oxygen atoms in total. The zero-order valence-corrected chi connectivity index (χ0v) is 19.4. The Morgan fingerprint density at radius 1 is 0.968 bits per heavy atom. The van der Waals surface area contributed by atoms with Gasteiger partial charge in [-0.3, -0.25) is 4.79 Å². The third kappa shape index (κ3) is 6.21. The second kappa shape index (κ2) is 11.2. The van der Waals surface area contributed by atoms with Crippen LogP contribution in [0, 0.1) is 6.92 Å². The van der Waals surface area contributed by atoms with Gasteiger partial charge in [0.05, 0.1) is 14.2 Å². The van der Waals surface area contributed by atoms with Crippen LogP contribution >= 0.6 is 0 Å². The molecule has 2 N–H and O–H groups in total. The molecule has 31 heavy (non-hydrogen) atoms. The minimum absolute atomic E-state index is 0.217. The normalized spacial score (nSPS) is 18.5. The van der Waals surface area contributed by atoms with E-state index in [-0.39, 0.29) is 5.91 Å². The van der Waals surface area contributed by atoms with Gasteiger partial charge in [0, 0.05) is 18.7 Å². The zero-order valence-electron chi connectivity index (χ0n) is 19.4. The van der Waals surface area contributed by atoms with E-state index in [1.54, 1.807) is 19.1 Å². The smallest absolute Gasteiger partial charge is 0.278 e. The minimum atomic E-state index is 0.217. The van der Waals surface area contributed by atoms with Crippen LogP contribution in [0.3, 0.4) is 0 Å². The van der Waals surface area contributed by atoms with Crippen LogP contribution in [0.4, 0.5) is 0 Å². The fourth-order valence-corrected chi connectivity index (χ4v) is 4.29. The van der Waals surface area contributed by atoms with E-state index in [1.165, 1.54) is 16.0 Å². The van der Waals surface area contributed by atoms with E-state index in [2.05, 4.69) is 31.2 Å². The summed E-state index contributed by atoms with van der Waals surface area (Å²) in [6.07, 6.45) is 0. The van der Waals surface area contributed by atoms with Crippen LogP contribution in [-0.4, -0.2) is 64.3 Å². The molecule has 0 aliphatic carbocycles. The predicted octanol–water partition coefficient (Wildman–Crippen LogP) is 0.344. The number of piperazine rings is 1. The molecule has 3 rings (SSSR count). The number of rotatable bonds is 9. The lowest BCUT2D eigenvalue weighted by Crippen LogP contribution is -3.28. The number of hydrogen-bond donors (Lipinski definition) is 2. The fourth-order valence-electron chi connectivity index (χ4n) is 4.29. The molecule has 0 aromatic heterocycles. The van der Waals surface area contributed by atoms with Gasteiger partial charge in [-0.2, -0.15) is 0 Å². The summed E-state index contributed by atoms with van der Waals surface area (Å²) in [4.78, 5) is 17.9. The van der Waals surface area contributed by atoms with Gasteiger partial charge in [0.25, 0.3) is 5.91 Å². The summed E-state index contributed by atoms with van der Waals surface area (Å²) in [7, 11) is 3.26. The van der Waals surface area contributed by atoms with Gasteiger partial charge in [0.2, 0.25) is 0 Å². The number of nitrogens with zero attached hydrogens (tertiary/aromatic N) is 1. The minimum Gasteiger partial charge on any atom is -0.493 e. The molecule has 0 spiro atoms. The Bertz CT molecular complexity index is 863. The summed E-state index contributed by atoms with van der Waals surface area (Å²) in [6.45, 7) is 11.5. The molecule has 1 heterocycles. The quantitative estimate of drug-likeness (QED) is 0.607. The first-order valence-electron chi connectivity index (χ1n) is 11.2. The summed E-state index contributed by atoms with van der Waals surface area (Å²) in [5.41, 5.74) is 3.85. The van der Waals surface area contributed by atoms with Gasteiger partial charge >= 0.3 is 0 Å². The first kappa shape index (κ1) is 23.1. The molecule has 1 fully saturated rings. The van der Waals surface area contributed by atoms with E-state index >= 15 is 0 Å². The molecular weight excluding hydrogens is 390 g/mol. The summed E-state index contributed by atoms with van der Waals surface area (Å²) in [6, 6.07) is 14.5. The second-order valence-corrected chi connectivity index (χ2v) is 8.38. The Balaban J connectivity index is 1.50. The van der Waals surface area contributed by atoms with Gasteiger partial charge in [0.1, 0.15) is 32.7 Å². The highest BCUT2D eigenvalue weighted by molar-refractivity contribution is 5.77. The van der Waals surface area contributed by atoms with E-state index in [0.717, 1.165) is 38.3 Å². The topological polar surface area (TPSA) is 47.6 Å². The molecule has 2 aromatic carbocycles. The van der Waals surface area contributed by atoms with Crippen molar-refractivity contribution in [1.29, 1.82) is 0 Å². The summed E-state index contributed by atoms with van der Waals surface area (Å²) < 4.78 is 10.7. The number of carbonyl (C=O) groups excluding carboxylic acids is 1. The number of amides is 1. The maximum Gasteiger partial charge on any atom is 0.278 e. The molecule has 2 aromatic rings. The van der Waals surface area contributed by atoms with Crippen LogP contribution < -0.4 is 19.3 Å². The Labute approximate surface area is 186 Å². The number of benzene rings is 2. The average Bonchev–Trinajstić information content (AvgIpc) is 2.80. The number of hydrogen-bond acceptors (Lipinski definition) is 3. The third-order valence-electron chi connectivity index (χ3n) is 6.32. The molecule has 0 bridgehead atoms. The number of quaternary nitrogens is 2. The summed E-state index contributed by atoms with van der Waals surface area (Å²) in [5, 5.41) is 0. The van der Waals surface area contributed by atoms with Crippen molar-refractivity contribution >= 4 is 5.91 Å². The first-order valence-corrected chi connectivity index (χ1v) is 11.2. The van der Waals surface area contributed by atoms with Crippen LogP contribution in [0.15, 0.2) is 42.5 Å². The van der Waals surface area contributed by atoms with Crippen LogP contribution in [0.5, 0.6) is 11.5 Å².